The molecular formula is C12H21NO. The van der Waals surface area contributed by atoms with Gasteiger partial charge in [0.15, 0.2) is 0 Å². The summed E-state index contributed by atoms with van der Waals surface area (Å²) in [4.78, 5) is 2.50. The molecule has 2 rings (SSSR count). The van der Waals surface area contributed by atoms with Crippen molar-refractivity contribution in [3.05, 3.63) is 11.8 Å². The van der Waals surface area contributed by atoms with Crippen molar-refractivity contribution in [2.75, 3.05) is 26.3 Å². The third kappa shape index (κ3) is 2.30. The largest absolute Gasteiger partial charge is 0.378 e. The van der Waals surface area contributed by atoms with Crippen molar-refractivity contribution in [2.24, 2.45) is 5.41 Å². The van der Waals surface area contributed by atoms with Gasteiger partial charge in [-0.15, -0.1) is 0 Å². The van der Waals surface area contributed by atoms with Crippen LogP contribution in [-0.4, -0.2) is 31.2 Å². The van der Waals surface area contributed by atoms with Gasteiger partial charge in [0.25, 0.3) is 0 Å². The van der Waals surface area contributed by atoms with Crippen LogP contribution in [0.2, 0.25) is 0 Å². The van der Waals surface area contributed by atoms with Gasteiger partial charge in [-0.05, 0) is 24.7 Å². The van der Waals surface area contributed by atoms with E-state index in [-0.39, 0.29) is 0 Å². The smallest absolute Gasteiger partial charge is 0.0642 e. The van der Waals surface area contributed by atoms with E-state index < -0.39 is 0 Å². The molecule has 1 saturated heterocycles. The molecule has 0 radical (unpaired) electrons. The second-order valence-electron chi connectivity index (χ2n) is 5.08. The van der Waals surface area contributed by atoms with Crippen LogP contribution in [0.1, 0.15) is 33.1 Å². The minimum atomic E-state index is 0.409. The van der Waals surface area contributed by atoms with Crippen molar-refractivity contribution >= 4 is 0 Å². The zero-order valence-corrected chi connectivity index (χ0v) is 9.38. The highest BCUT2D eigenvalue weighted by Gasteiger charge is 2.23. The molecule has 0 amide bonds. The van der Waals surface area contributed by atoms with Crippen LogP contribution in [-0.2, 0) is 4.74 Å². The predicted octanol–water partition coefficient (Wildman–Crippen LogP) is 2.41. The summed E-state index contributed by atoms with van der Waals surface area (Å²) < 4.78 is 5.37. The van der Waals surface area contributed by atoms with Gasteiger partial charge in [0.1, 0.15) is 0 Å². The van der Waals surface area contributed by atoms with E-state index in [9.17, 15) is 0 Å². The van der Waals surface area contributed by atoms with Crippen LogP contribution in [0, 0.1) is 5.41 Å². The maximum Gasteiger partial charge on any atom is 0.0642 e. The summed E-state index contributed by atoms with van der Waals surface area (Å²) in [5, 5.41) is 0. The molecule has 0 aromatic heterocycles. The first kappa shape index (κ1) is 10.0. The van der Waals surface area contributed by atoms with Crippen LogP contribution in [0.15, 0.2) is 11.8 Å². The average Bonchev–Trinajstić information content (AvgIpc) is 2.18. The Balaban J connectivity index is 2.05. The number of ether oxygens (including phenoxy) is 1. The van der Waals surface area contributed by atoms with Gasteiger partial charge in [-0.3, -0.25) is 0 Å². The fraction of sp³-hybridized carbons (Fsp3) is 0.833. The molecule has 0 saturated carbocycles. The molecule has 1 aliphatic heterocycles. The molecule has 80 valence electrons. The lowest BCUT2D eigenvalue weighted by molar-refractivity contribution is 0.0500. The van der Waals surface area contributed by atoms with Crippen molar-refractivity contribution in [3.8, 4) is 0 Å². The van der Waals surface area contributed by atoms with Gasteiger partial charge >= 0.3 is 0 Å². The van der Waals surface area contributed by atoms with E-state index in [0.29, 0.717) is 5.41 Å². The number of hydrogen-bond acceptors (Lipinski definition) is 2. The molecule has 0 aromatic rings. The highest BCUT2D eigenvalue weighted by Crippen LogP contribution is 2.34. The summed E-state index contributed by atoms with van der Waals surface area (Å²) in [6.07, 6.45) is 6.42. The van der Waals surface area contributed by atoms with Crippen molar-refractivity contribution in [1.29, 1.82) is 0 Å². The van der Waals surface area contributed by atoms with Crippen molar-refractivity contribution in [1.82, 2.24) is 4.90 Å². The summed E-state index contributed by atoms with van der Waals surface area (Å²) in [6.45, 7) is 8.65. The zero-order valence-electron chi connectivity index (χ0n) is 9.38. The molecule has 0 unspecified atom stereocenters. The Morgan fingerprint density at radius 1 is 1.29 bits per heavy atom. The molecule has 1 aliphatic carbocycles. The second-order valence-corrected chi connectivity index (χ2v) is 5.08. The Hall–Kier alpha value is -0.500. The van der Waals surface area contributed by atoms with E-state index in [1.54, 1.807) is 5.70 Å². The molecule has 1 heterocycles. The molecule has 0 atom stereocenters. The third-order valence-electron chi connectivity index (χ3n) is 3.23. The van der Waals surface area contributed by atoms with Crippen molar-refractivity contribution < 1.29 is 4.74 Å². The number of rotatable bonds is 1. The molecule has 0 bridgehead atoms. The van der Waals surface area contributed by atoms with Gasteiger partial charge in [0, 0.05) is 18.8 Å². The summed E-state index contributed by atoms with van der Waals surface area (Å²) in [7, 11) is 0. The van der Waals surface area contributed by atoms with Gasteiger partial charge < -0.3 is 9.64 Å². The molecule has 0 spiro atoms. The van der Waals surface area contributed by atoms with Gasteiger partial charge in [-0.2, -0.15) is 0 Å². The minimum Gasteiger partial charge on any atom is -0.378 e. The molecule has 2 heteroatoms. The van der Waals surface area contributed by atoms with Crippen LogP contribution in [0.4, 0.5) is 0 Å². The van der Waals surface area contributed by atoms with Crippen LogP contribution in [0.3, 0.4) is 0 Å². The van der Waals surface area contributed by atoms with E-state index >= 15 is 0 Å². The molecule has 14 heavy (non-hydrogen) atoms. The van der Waals surface area contributed by atoms with Crippen molar-refractivity contribution in [2.45, 2.75) is 33.1 Å². The van der Waals surface area contributed by atoms with Crippen molar-refractivity contribution in [3.63, 3.8) is 0 Å². The number of allylic oxidation sites excluding steroid dienone is 2. The Morgan fingerprint density at radius 3 is 2.64 bits per heavy atom. The number of morpholine rings is 1. The van der Waals surface area contributed by atoms with Crippen LogP contribution in [0.5, 0.6) is 0 Å². The average molecular weight is 195 g/mol. The summed E-state index contributed by atoms with van der Waals surface area (Å²) >= 11 is 0. The van der Waals surface area contributed by atoms with Crippen LogP contribution in [0.25, 0.3) is 0 Å². The first-order valence-electron chi connectivity index (χ1n) is 5.72. The van der Waals surface area contributed by atoms with Gasteiger partial charge in [-0.25, -0.2) is 0 Å². The lowest BCUT2D eigenvalue weighted by atomic mass is 9.81. The van der Waals surface area contributed by atoms with Gasteiger partial charge in [-0.1, -0.05) is 19.9 Å². The standard InChI is InChI=1S/C12H21NO/c1-12(2)5-3-4-11(10-12)13-6-8-14-9-7-13/h10H,3-9H2,1-2H3. The normalized spacial score (nSPS) is 27.3. The van der Waals surface area contributed by atoms with E-state index in [1.165, 1.54) is 19.3 Å². The lowest BCUT2D eigenvalue weighted by Crippen LogP contribution is -2.37. The second kappa shape index (κ2) is 3.93. The molecule has 0 aromatic carbocycles. The monoisotopic (exact) mass is 195 g/mol. The predicted molar refractivity (Wildman–Crippen MR) is 58.1 cm³/mol. The fourth-order valence-electron chi connectivity index (χ4n) is 2.42. The number of nitrogens with zero attached hydrogens (tertiary/aromatic N) is 1. The Labute approximate surface area is 86.9 Å². The SMILES string of the molecule is CC1(C)C=C(N2CCOCC2)CCC1. The van der Waals surface area contributed by atoms with Crippen LogP contribution < -0.4 is 0 Å². The van der Waals surface area contributed by atoms with E-state index in [2.05, 4.69) is 24.8 Å². The van der Waals surface area contributed by atoms with Crippen LogP contribution >= 0.6 is 0 Å². The first-order chi connectivity index (χ1) is 6.67. The minimum absolute atomic E-state index is 0.409. The quantitative estimate of drug-likeness (QED) is 0.637. The number of hydrogen-bond donors (Lipinski definition) is 0. The summed E-state index contributed by atoms with van der Waals surface area (Å²) in [5.74, 6) is 0. The topological polar surface area (TPSA) is 12.5 Å². The summed E-state index contributed by atoms with van der Waals surface area (Å²) in [5.41, 5.74) is 1.97. The Morgan fingerprint density at radius 2 is 2.00 bits per heavy atom. The maximum atomic E-state index is 5.37. The molecule has 2 nitrogen and oxygen atoms in total. The highest BCUT2D eigenvalue weighted by molar-refractivity contribution is 5.11. The van der Waals surface area contributed by atoms with E-state index in [4.69, 9.17) is 4.74 Å². The first-order valence-corrected chi connectivity index (χ1v) is 5.72. The maximum absolute atomic E-state index is 5.37. The lowest BCUT2D eigenvalue weighted by Gasteiger charge is -2.36. The fourth-order valence-corrected chi connectivity index (χ4v) is 2.42. The molecule has 0 N–H and O–H groups in total. The Kier molecular flexibility index (Phi) is 2.82. The van der Waals surface area contributed by atoms with Gasteiger partial charge in [0.05, 0.1) is 13.2 Å². The molecular weight excluding hydrogens is 174 g/mol. The van der Waals surface area contributed by atoms with E-state index in [1.807, 2.05) is 0 Å². The highest BCUT2D eigenvalue weighted by atomic mass is 16.5. The summed E-state index contributed by atoms with van der Waals surface area (Å²) in [6, 6.07) is 0. The third-order valence-corrected chi connectivity index (χ3v) is 3.23. The Bertz CT molecular complexity index is 226. The molecule has 2 aliphatic rings. The molecule has 1 fully saturated rings. The van der Waals surface area contributed by atoms with E-state index in [0.717, 1.165) is 26.3 Å². The van der Waals surface area contributed by atoms with Gasteiger partial charge in [0.2, 0.25) is 0 Å². The zero-order chi connectivity index (χ0) is 10.0.